The number of aliphatic hydroxyl groups is 1. The summed E-state index contributed by atoms with van der Waals surface area (Å²) >= 11 is 0. The molecule has 33 heavy (non-hydrogen) atoms. The molecule has 0 aliphatic carbocycles. The summed E-state index contributed by atoms with van der Waals surface area (Å²) in [5.41, 5.74) is -0.402. The molecule has 0 aliphatic rings. The first-order chi connectivity index (χ1) is 15.7. The second kappa shape index (κ2) is 8.55. The number of hydrogen-bond donors (Lipinski definition) is 2. The van der Waals surface area contributed by atoms with Crippen molar-refractivity contribution >= 4 is 22.5 Å². The number of amides is 1. The molecule has 0 fully saturated rings. The summed E-state index contributed by atoms with van der Waals surface area (Å²) in [6.07, 6.45) is -3.34. The Hall–Kier alpha value is -3.91. The van der Waals surface area contributed by atoms with Gasteiger partial charge in [0.25, 0.3) is 5.91 Å². The zero-order chi connectivity index (χ0) is 23.8. The number of halogens is 3. The molecule has 0 aliphatic heterocycles. The number of carbonyl (C=O) groups is 1. The van der Waals surface area contributed by atoms with Crippen molar-refractivity contribution in [2.24, 2.45) is 7.05 Å². The largest absolute Gasteiger partial charge is 0.417 e. The van der Waals surface area contributed by atoms with Crippen molar-refractivity contribution in [2.45, 2.75) is 12.8 Å². The van der Waals surface area contributed by atoms with Crippen molar-refractivity contribution in [3.63, 3.8) is 0 Å². The summed E-state index contributed by atoms with van der Waals surface area (Å²) < 4.78 is 42.8. The van der Waals surface area contributed by atoms with Crippen molar-refractivity contribution in [3.05, 3.63) is 99.8 Å². The average molecular weight is 452 g/mol. The first-order valence-electron chi connectivity index (χ1n) is 10.0. The van der Waals surface area contributed by atoms with Crippen molar-refractivity contribution in [2.75, 3.05) is 5.32 Å². The van der Waals surface area contributed by atoms with Gasteiger partial charge in [0.2, 0.25) is 5.43 Å². The van der Waals surface area contributed by atoms with Crippen LogP contribution in [0, 0.1) is 0 Å². The van der Waals surface area contributed by atoms with Crippen molar-refractivity contribution in [1.82, 2.24) is 4.57 Å². The van der Waals surface area contributed by atoms with Crippen LogP contribution in [0.2, 0.25) is 0 Å². The minimum Gasteiger partial charge on any atom is -0.392 e. The molecule has 0 atom stereocenters. The van der Waals surface area contributed by atoms with Gasteiger partial charge in [-0.05, 0) is 29.3 Å². The number of benzene rings is 3. The summed E-state index contributed by atoms with van der Waals surface area (Å²) in [6, 6.07) is 16.4. The number of rotatable bonds is 4. The van der Waals surface area contributed by atoms with E-state index in [0.717, 1.165) is 6.07 Å². The number of hydrogen-bond acceptors (Lipinski definition) is 3. The van der Waals surface area contributed by atoms with Gasteiger partial charge < -0.3 is 15.0 Å². The Balaban J connectivity index is 1.74. The van der Waals surface area contributed by atoms with Crippen LogP contribution >= 0.6 is 0 Å². The Morgan fingerprint density at radius 2 is 1.76 bits per heavy atom. The van der Waals surface area contributed by atoms with Crippen LogP contribution in [0.3, 0.4) is 0 Å². The fourth-order valence-corrected chi connectivity index (χ4v) is 3.87. The predicted molar refractivity (Wildman–Crippen MR) is 120 cm³/mol. The second-order valence-corrected chi connectivity index (χ2v) is 7.53. The molecule has 0 saturated carbocycles. The standard InChI is InChI=1S/C25H19F3N2O3/c1-30-13-20(23(32)19-9-5-8-16(14-31)22(19)30)24(33)29-17-10-11-18(15-6-3-2-4-7-15)21(12-17)25(26,27)28/h2-13,31H,14H2,1H3,(H,29,33). The Morgan fingerprint density at radius 3 is 2.42 bits per heavy atom. The van der Waals surface area contributed by atoms with E-state index in [9.17, 15) is 27.9 Å². The van der Waals surface area contributed by atoms with E-state index in [-0.39, 0.29) is 28.8 Å². The van der Waals surface area contributed by atoms with Gasteiger partial charge in [-0.2, -0.15) is 13.2 Å². The first kappa shape index (κ1) is 22.3. The van der Waals surface area contributed by atoms with Crippen LogP contribution in [0.4, 0.5) is 18.9 Å². The quantitative estimate of drug-likeness (QED) is 0.459. The van der Waals surface area contributed by atoms with E-state index in [1.165, 1.54) is 29.0 Å². The Labute approximate surface area is 186 Å². The molecule has 168 valence electrons. The third-order valence-corrected chi connectivity index (χ3v) is 5.37. The lowest BCUT2D eigenvalue weighted by Gasteiger charge is -2.16. The molecule has 0 unspecified atom stereocenters. The maximum Gasteiger partial charge on any atom is 0.417 e. The van der Waals surface area contributed by atoms with Gasteiger partial charge in [0.15, 0.2) is 0 Å². The number of carbonyl (C=O) groups excluding carboxylic acids is 1. The van der Waals surface area contributed by atoms with E-state index in [2.05, 4.69) is 5.32 Å². The lowest BCUT2D eigenvalue weighted by Crippen LogP contribution is -2.24. The van der Waals surface area contributed by atoms with Crippen LogP contribution in [0.5, 0.6) is 0 Å². The van der Waals surface area contributed by atoms with Gasteiger partial charge in [-0.3, -0.25) is 9.59 Å². The molecule has 1 aromatic heterocycles. The Morgan fingerprint density at radius 1 is 1.03 bits per heavy atom. The predicted octanol–water partition coefficient (Wildman–Crippen LogP) is 4.97. The molecule has 2 N–H and O–H groups in total. The molecule has 1 amide bonds. The van der Waals surface area contributed by atoms with E-state index in [4.69, 9.17) is 0 Å². The monoisotopic (exact) mass is 452 g/mol. The molecule has 0 saturated heterocycles. The summed E-state index contributed by atoms with van der Waals surface area (Å²) in [5, 5.41) is 12.2. The van der Waals surface area contributed by atoms with Crippen LogP contribution in [0.15, 0.2) is 77.7 Å². The smallest absolute Gasteiger partial charge is 0.392 e. The molecule has 3 aromatic carbocycles. The highest BCUT2D eigenvalue weighted by Gasteiger charge is 2.34. The highest BCUT2D eigenvalue weighted by atomic mass is 19.4. The second-order valence-electron chi connectivity index (χ2n) is 7.53. The summed E-state index contributed by atoms with van der Waals surface area (Å²) in [5.74, 6) is -0.826. The Bertz CT molecular complexity index is 1410. The summed E-state index contributed by atoms with van der Waals surface area (Å²) in [7, 11) is 1.62. The van der Waals surface area contributed by atoms with E-state index in [1.54, 1.807) is 49.5 Å². The number of aryl methyl sites for hydroxylation is 1. The maximum absolute atomic E-state index is 13.8. The molecule has 5 nitrogen and oxygen atoms in total. The maximum atomic E-state index is 13.8. The number of anilines is 1. The molecule has 0 spiro atoms. The number of aromatic nitrogens is 1. The van der Waals surface area contributed by atoms with Crippen molar-refractivity contribution in [1.29, 1.82) is 0 Å². The number of pyridine rings is 1. The third kappa shape index (κ3) is 4.25. The van der Waals surface area contributed by atoms with Gasteiger partial charge in [-0.15, -0.1) is 0 Å². The summed E-state index contributed by atoms with van der Waals surface area (Å²) in [6.45, 7) is -0.288. The van der Waals surface area contributed by atoms with E-state index < -0.39 is 23.1 Å². The van der Waals surface area contributed by atoms with Crippen molar-refractivity contribution < 1.29 is 23.1 Å². The molecular formula is C25H19F3N2O3. The van der Waals surface area contributed by atoms with Gasteiger partial charge in [0.05, 0.1) is 17.7 Å². The fraction of sp³-hybridized carbons (Fsp3) is 0.120. The van der Waals surface area contributed by atoms with E-state index in [0.29, 0.717) is 16.6 Å². The molecule has 8 heteroatoms. The lowest BCUT2D eigenvalue weighted by molar-refractivity contribution is -0.137. The first-order valence-corrected chi connectivity index (χ1v) is 10.0. The zero-order valence-electron chi connectivity index (χ0n) is 17.5. The normalized spacial score (nSPS) is 11.5. The highest BCUT2D eigenvalue weighted by Crippen LogP contribution is 2.38. The van der Waals surface area contributed by atoms with Gasteiger partial charge in [-0.25, -0.2) is 0 Å². The van der Waals surface area contributed by atoms with Crippen LogP contribution in [-0.4, -0.2) is 15.6 Å². The fourth-order valence-electron chi connectivity index (χ4n) is 3.87. The highest BCUT2D eigenvalue weighted by molar-refractivity contribution is 6.06. The molecular weight excluding hydrogens is 433 g/mol. The number of nitrogens with one attached hydrogen (secondary N) is 1. The van der Waals surface area contributed by atoms with Crippen LogP contribution in [-0.2, 0) is 19.8 Å². The zero-order valence-corrected chi connectivity index (χ0v) is 17.5. The van der Waals surface area contributed by atoms with Crippen LogP contribution < -0.4 is 10.7 Å². The topological polar surface area (TPSA) is 71.3 Å². The number of fused-ring (bicyclic) bond motifs is 1. The van der Waals surface area contributed by atoms with Crippen molar-refractivity contribution in [3.8, 4) is 11.1 Å². The number of para-hydroxylation sites is 1. The molecule has 4 aromatic rings. The van der Waals surface area contributed by atoms with Gasteiger partial charge in [0, 0.05) is 29.9 Å². The lowest BCUT2D eigenvalue weighted by atomic mass is 9.98. The Kier molecular flexibility index (Phi) is 5.78. The molecule has 1 heterocycles. The SMILES string of the molecule is Cn1cc(C(=O)Nc2ccc(-c3ccccc3)c(C(F)(F)F)c2)c(=O)c2cccc(CO)c21. The third-order valence-electron chi connectivity index (χ3n) is 5.37. The molecule has 4 rings (SSSR count). The van der Waals surface area contributed by atoms with Crippen LogP contribution in [0.1, 0.15) is 21.5 Å². The molecule has 0 radical (unpaired) electrons. The number of nitrogens with zero attached hydrogens (tertiary/aromatic N) is 1. The minimum atomic E-state index is -4.65. The summed E-state index contributed by atoms with van der Waals surface area (Å²) in [4.78, 5) is 25.8. The van der Waals surface area contributed by atoms with Gasteiger partial charge in [0.1, 0.15) is 5.56 Å². The van der Waals surface area contributed by atoms with Gasteiger partial charge >= 0.3 is 6.18 Å². The van der Waals surface area contributed by atoms with Crippen LogP contribution in [0.25, 0.3) is 22.0 Å². The minimum absolute atomic E-state index is 0.0146. The average Bonchev–Trinajstić information content (AvgIpc) is 2.80. The van der Waals surface area contributed by atoms with Gasteiger partial charge in [-0.1, -0.05) is 48.5 Å². The van der Waals surface area contributed by atoms with E-state index in [1.807, 2.05) is 0 Å². The molecule has 0 bridgehead atoms. The van der Waals surface area contributed by atoms with E-state index >= 15 is 0 Å². The number of aliphatic hydroxyl groups excluding tert-OH is 1. The number of alkyl halides is 3.